The van der Waals surface area contributed by atoms with Crippen LogP contribution < -0.4 is 5.32 Å². The Morgan fingerprint density at radius 2 is 1.62 bits per heavy atom. The van der Waals surface area contributed by atoms with Crippen molar-refractivity contribution in [1.82, 2.24) is 9.88 Å². The molecule has 7 heteroatoms. The Morgan fingerprint density at radius 1 is 0.973 bits per heavy atom. The zero-order valence-corrected chi connectivity index (χ0v) is 21.4. The fourth-order valence-electron chi connectivity index (χ4n) is 4.91. The number of hydrogen-bond acceptors (Lipinski definition) is 5. The first kappa shape index (κ1) is 24.7. The molecule has 0 aliphatic heterocycles. The SMILES string of the molecule is COC(=O)[C@H]1C=C[C@@H](N(CCC(c2ccccc2)c2ccccc2)C(=O)Nc2nc3ccccc3s2)C1. The van der Waals surface area contributed by atoms with Gasteiger partial charge in [-0.1, -0.05) is 96.3 Å². The molecule has 3 aromatic carbocycles. The third-order valence-electron chi connectivity index (χ3n) is 6.80. The van der Waals surface area contributed by atoms with Crippen molar-refractivity contribution in [2.75, 3.05) is 19.0 Å². The van der Waals surface area contributed by atoms with Gasteiger partial charge in [-0.2, -0.15) is 0 Å². The standard InChI is InChI=1S/C30H29N3O3S/c1-36-28(34)23-16-17-24(20-23)33(30(35)32-29-31-26-14-8-9-15-27(26)37-29)19-18-25(21-10-4-2-5-11-21)22-12-6-3-7-13-22/h2-17,23-25H,18-20H2,1H3,(H,31,32,35)/t23-,24+/m0/s1. The largest absolute Gasteiger partial charge is 0.469 e. The lowest BCUT2D eigenvalue weighted by Crippen LogP contribution is -2.43. The fraction of sp³-hybridized carbons (Fsp3) is 0.233. The molecule has 0 saturated carbocycles. The molecular weight excluding hydrogens is 482 g/mol. The predicted octanol–water partition coefficient (Wildman–Crippen LogP) is 6.47. The third-order valence-corrected chi connectivity index (χ3v) is 7.75. The minimum atomic E-state index is -0.355. The van der Waals surface area contributed by atoms with Crippen molar-refractivity contribution in [2.24, 2.45) is 5.92 Å². The lowest BCUT2D eigenvalue weighted by Gasteiger charge is -2.30. The summed E-state index contributed by atoms with van der Waals surface area (Å²) in [5, 5.41) is 3.57. The van der Waals surface area contributed by atoms with Crippen LogP contribution in [-0.2, 0) is 9.53 Å². The number of methoxy groups -OCH3 is 1. The van der Waals surface area contributed by atoms with Crippen molar-refractivity contribution in [1.29, 1.82) is 0 Å². The Kier molecular flexibility index (Phi) is 7.61. The zero-order valence-electron chi connectivity index (χ0n) is 20.6. The molecule has 6 nitrogen and oxygen atoms in total. The van der Waals surface area contributed by atoms with E-state index < -0.39 is 0 Å². The van der Waals surface area contributed by atoms with Crippen molar-refractivity contribution in [2.45, 2.75) is 24.8 Å². The van der Waals surface area contributed by atoms with Gasteiger partial charge >= 0.3 is 12.0 Å². The minimum Gasteiger partial charge on any atom is -0.469 e. The second-order valence-electron chi connectivity index (χ2n) is 9.09. The number of para-hydroxylation sites is 1. The van der Waals surface area contributed by atoms with Crippen LogP contribution in [0.4, 0.5) is 9.93 Å². The summed E-state index contributed by atoms with van der Waals surface area (Å²) in [6, 6.07) is 28.1. The number of aromatic nitrogens is 1. The average molecular weight is 512 g/mol. The van der Waals surface area contributed by atoms with Gasteiger partial charge in [0.1, 0.15) is 0 Å². The van der Waals surface area contributed by atoms with E-state index in [-0.39, 0.29) is 29.9 Å². The zero-order chi connectivity index (χ0) is 25.6. The van der Waals surface area contributed by atoms with E-state index in [4.69, 9.17) is 4.74 Å². The smallest absolute Gasteiger partial charge is 0.324 e. The van der Waals surface area contributed by atoms with E-state index in [1.165, 1.54) is 29.6 Å². The van der Waals surface area contributed by atoms with Crippen molar-refractivity contribution in [3.8, 4) is 0 Å². The van der Waals surface area contributed by atoms with E-state index >= 15 is 0 Å². The Balaban J connectivity index is 1.39. The van der Waals surface area contributed by atoms with Crippen LogP contribution >= 0.6 is 11.3 Å². The summed E-state index contributed by atoms with van der Waals surface area (Å²) in [6.45, 7) is 0.508. The van der Waals surface area contributed by atoms with Gasteiger partial charge in [-0.05, 0) is 36.1 Å². The number of carbonyl (C=O) groups excluding carboxylic acids is 2. The van der Waals surface area contributed by atoms with Crippen molar-refractivity contribution >= 4 is 38.7 Å². The molecule has 0 fully saturated rings. The molecule has 1 aliphatic carbocycles. The van der Waals surface area contributed by atoms with E-state index in [1.54, 1.807) is 0 Å². The molecule has 5 rings (SSSR count). The van der Waals surface area contributed by atoms with Crippen LogP contribution in [0.25, 0.3) is 10.2 Å². The number of rotatable bonds is 8. The topological polar surface area (TPSA) is 71.5 Å². The molecule has 37 heavy (non-hydrogen) atoms. The van der Waals surface area contributed by atoms with Crippen LogP contribution in [-0.4, -0.2) is 41.6 Å². The van der Waals surface area contributed by atoms with Gasteiger partial charge in [0.05, 0.1) is 29.3 Å². The predicted molar refractivity (Wildman–Crippen MR) is 148 cm³/mol. The van der Waals surface area contributed by atoms with Gasteiger partial charge < -0.3 is 9.64 Å². The lowest BCUT2D eigenvalue weighted by molar-refractivity contribution is -0.143. The molecule has 4 aromatic rings. The van der Waals surface area contributed by atoms with Crippen molar-refractivity contribution < 1.29 is 14.3 Å². The normalized spacial score (nSPS) is 16.7. The quantitative estimate of drug-likeness (QED) is 0.217. The second-order valence-corrected chi connectivity index (χ2v) is 10.1. The summed E-state index contributed by atoms with van der Waals surface area (Å²) in [4.78, 5) is 32.2. The number of benzene rings is 3. The molecular formula is C30H29N3O3S. The molecule has 0 bridgehead atoms. The van der Waals surface area contributed by atoms with Gasteiger partial charge in [-0.15, -0.1) is 0 Å². The summed E-state index contributed by atoms with van der Waals surface area (Å²) < 4.78 is 5.97. The molecule has 1 N–H and O–H groups in total. The van der Waals surface area contributed by atoms with E-state index in [0.717, 1.165) is 16.6 Å². The summed E-state index contributed by atoms with van der Waals surface area (Å²) in [5.41, 5.74) is 3.26. The number of anilines is 1. The van der Waals surface area contributed by atoms with Gasteiger partial charge in [-0.3, -0.25) is 10.1 Å². The molecule has 2 atom stereocenters. The number of ether oxygens (including phenoxy) is 1. The second kappa shape index (κ2) is 11.4. The molecule has 0 spiro atoms. The molecule has 0 saturated heterocycles. The first-order valence-corrected chi connectivity index (χ1v) is 13.2. The van der Waals surface area contributed by atoms with Crippen LogP contribution in [0.3, 0.4) is 0 Å². The van der Waals surface area contributed by atoms with Gasteiger partial charge in [0.15, 0.2) is 5.13 Å². The fourth-order valence-corrected chi connectivity index (χ4v) is 5.76. The molecule has 1 heterocycles. The minimum absolute atomic E-state index is 0.127. The number of fused-ring (bicyclic) bond motifs is 1. The molecule has 188 valence electrons. The Bertz CT molecular complexity index is 1310. The lowest BCUT2D eigenvalue weighted by atomic mass is 9.88. The first-order valence-electron chi connectivity index (χ1n) is 12.4. The van der Waals surface area contributed by atoms with Crippen LogP contribution in [0, 0.1) is 5.92 Å². The highest BCUT2D eigenvalue weighted by Gasteiger charge is 2.32. The van der Waals surface area contributed by atoms with E-state index in [9.17, 15) is 9.59 Å². The Hall–Kier alpha value is -3.97. The molecule has 2 amide bonds. The van der Waals surface area contributed by atoms with Crippen molar-refractivity contribution in [3.05, 3.63) is 108 Å². The maximum atomic E-state index is 13.6. The summed E-state index contributed by atoms with van der Waals surface area (Å²) >= 11 is 1.45. The van der Waals surface area contributed by atoms with Gasteiger partial charge in [-0.25, -0.2) is 9.78 Å². The highest BCUT2D eigenvalue weighted by Crippen LogP contribution is 2.31. The number of nitrogens with zero attached hydrogens (tertiary/aromatic N) is 2. The first-order chi connectivity index (χ1) is 18.1. The highest BCUT2D eigenvalue weighted by molar-refractivity contribution is 7.22. The van der Waals surface area contributed by atoms with Crippen LogP contribution in [0.5, 0.6) is 0 Å². The van der Waals surface area contributed by atoms with Gasteiger partial charge in [0.2, 0.25) is 0 Å². The molecule has 0 radical (unpaired) electrons. The van der Waals surface area contributed by atoms with E-state index in [1.807, 2.05) is 77.7 Å². The van der Waals surface area contributed by atoms with E-state index in [2.05, 4.69) is 34.6 Å². The molecule has 1 aliphatic rings. The molecule has 1 aromatic heterocycles. The number of thiazole rings is 1. The van der Waals surface area contributed by atoms with Gasteiger partial charge in [0.25, 0.3) is 0 Å². The number of esters is 1. The van der Waals surface area contributed by atoms with Crippen molar-refractivity contribution in [3.63, 3.8) is 0 Å². The number of hydrogen-bond donors (Lipinski definition) is 1. The summed E-state index contributed by atoms with van der Waals surface area (Å²) in [6.07, 6.45) is 5.02. The maximum absolute atomic E-state index is 13.6. The van der Waals surface area contributed by atoms with Crippen LogP contribution in [0.15, 0.2) is 97.1 Å². The average Bonchev–Trinajstić information content (AvgIpc) is 3.59. The summed E-state index contributed by atoms with van der Waals surface area (Å²) in [7, 11) is 1.39. The summed E-state index contributed by atoms with van der Waals surface area (Å²) in [5.74, 6) is -0.509. The van der Waals surface area contributed by atoms with E-state index in [0.29, 0.717) is 18.1 Å². The Morgan fingerprint density at radius 3 is 2.27 bits per heavy atom. The number of nitrogens with one attached hydrogen (secondary N) is 1. The van der Waals surface area contributed by atoms with Gasteiger partial charge in [0, 0.05) is 12.5 Å². The number of amides is 2. The number of carbonyl (C=O) groups is 2. The maximum Gasteiger partial charge on any atom is 0.324 e. The monoisotopic (exact) mass is 511 g/mol. The Labute approximate surface area is 220 Å². The highest BCUT2D eigenvalue weighted by atomic mass is 32.1. The number of urea groups is 1. The molecule has 0 unspecified atom stereocenters. The third kappa shape index (κ3) is 5.73. The van der Waals surface area contributed by atoms with Crippen LogP contribution in [0.1, 0.15) is 29.9 Å². The van der Waals surface area contributed by atoms with Crippen LogP contribution in [0.2, 0.25) is 0 Å².